The van der Waals surface area contributed by atoms with Crippen LogP contribution >= 0.6 is 0 Å². The Kier molecular flexibility index (Phi) is 5.26. The van der Waals surface area contributed by atoms with Gasteiger partial charge in [0, 0.05) is 18.7 Å². The summed E-state index contributed by atoms with van der Waals surface area (Å²) < 4.78 is 10.1. The second-order valence-electron chi connectivity index (χ2n) is 3.46. The number of rotatable bonds is 6. The third-order valence-electron chi connectivity index (χ3n) is 2.26. The molecule has 0 N–H and O–H groups in total. The number of ether oxygens (including phenoxy) is 2. The fourth-order valence-corrected chi connectivity index (χ4v) is 1.41. The summed E-state index contributed by atoms with van der Waals surface area (Å²) in [6.45, 7) is 4.45. The first-order valence-corrected chi connectivity index (χ1v) is 5.62. The fourth-order valence-electron chi connectivity index (χ4n) is 1.41. The first kappa shape index (κ1) is 14.1. The molecule has 6 heteroatoms. The van der Waals surface area contributed by atoms with E-state index in [2.05, 4.69) is 0 Å². The highest BCUT2D eigenvalue weighted by atomic mass is 16.6. The van der Waals surface area contributed by atoms with Crippen LogP contribution in [0.15, 0.2) is 18.2 Å². The molecule has 98 valence electrons. The fraction of sp³-hybridized carbons (Fsp3) is 0.417. The lowest BCUT2D eigenvalue weighted by molar-refractivity contribution is -0.384. The van der Waals surface area contributed by atoms with E-state index in [9.17, 15) is 14.9 Å². The Balaban J connectivity index is 3.09. The number of nitro groups is 1. The number of nitrogens with zero attached hydrogens (tertiary/aromatic N) is 1. The van der Waals surface area contributed by atoms with Gasteiger partial charge in [-0.2, -0.15) is 0 Å². The van der Waals surface area contributed by atoms with Crippen LogP contribution in [0.2, 0.25) is 0 Å². The highest BCUT2D eigenvalue weighted by Gasteiger charge is 2.17. The van der Waals surface area contributed by atoms with Gasteiger partial charge >= 0.3 is 5.97 Å². The van der Waals surface area contributed by atoms with Crippen LogP contribution in [-0.2, 0) is 16.1 Å². The van der Waals surface area contributed by atoms with E-state index in [1.54, 1.807) is 6.92 Å². The minimum absolute atomic E-state index is 0.140. The zero-order chi connectivity index (χ0) is 13.5. The average Bonchev–Trinajstić information content (AvgIpc) is 2.36. The van der Waals surface area contributed by atoms with Crippen LogP contribution in [0.5, 0.6) is 0 Å². The molecule has 0 aliphatic carbocycles. The van der Waals surface area contributed by atoms with Crippen LogP contribution in [-0.4, -0.2) is 24.1 Å². The van der Waals surface area contributed by atoms with Gasteiger partial charge in [0.1, 0.15) is 0 Å². The van der Waals surface area contributed by atoms with E-state index in [0.717, 1.165) is 0 Å². The molecule has 0 amide bonds. The molecule has 6 nitrogen and oxygen atoms in total. The molecule has 0 aliphatic rings. The zero-order valence-corrected chi connectivity index (χ0v) is 10.3. The summed E-state index contributed by atoms with van der Waals surface area (Å²) >= 11 is 0. The average molecular weight is 253 g/mol. The Morgan fingerprint density at radius 3 is 2.61 bits per heavy atom. The largest absolute Gasteiger partial charge is 0.462 e. The highest BCUT2D eigenvalue weighted by Crippen LogP contribution is 2.19. The third kappa shape index (κ3) is 3.53. The van der Waals surface area contributed by atoms with Crippen LogP contribution in [0.25, 0.3) is 0 Å². The summed E-state index contributed by atoms with van der Waals surface area (Å²) in [7, 11) is 0. The lowest BCUT2D eigenvalue weighted by Gasteiger charge is -2.08. The van der Waals surface area contributed by atoms with Crippen LogP contribution in [0, 0.1) is 10.1 Å². The Morgan fingerprint density at radius 2 is 2.06 bits per heavy atom. The van der Waals surface area contributed by atoms with Crippen LogP contribution in [0.3, 0.4) is 0 Å². The Hall–Kier alpha value is -1.95. The molecule has 0 saturated heterocycles. The van der Waals surface area contributed by atoms with Crippen LogP contribution in [0.4, 0.5) is 5.69 Å². The Labute approximate surface area is 105 Å². The van der Waals surface area contributed by atoms with Crippen molar-refractivity contribution in [2.24, 2.45) is 0 Å². The van der Waals surface area contributed by atoms with Crippen molar-refractivity contribution < 1.29 is 19.2 Å². The molecular weight excluding hydrogens is 238 g/mol. The van der Waals surface area contributed by atoms with Gasteiger partial charge in [-0.05, 0) is 25.5 Å². The van der Waals surface area contributed by atoms with Gasteiger partial charge < -0.3 is 9.47 Å². The first-order chi connectivity index (χ1) is 8.60. The van der Waals surface area contributed by atoms with Gasteiger partial charge in [-0.15, -0.1) is 0 Å². The lowest BCUT2D eigenvalue weighted by atomic mass is 10.1. The van der Waals surface area contributed by atoms with Crippen molar-refractivity contribution in [3.63, 3.8) is 0 Å². The van der Waals surface area contributed by atoms with Gasteiger partial charge in [0.15, 0.2) is 0 Å². The SMILES string of the molecule is CCOCc1ccc([N+](=O)[O-])cc1C(=O)OCC. The maximum atomic E-state index is 11.7. The number of carbonyl (C=O) groups excluding carboxylic acids is 1. The van der Waals surface area contributed by atoms with Crippen molar-refractivity contribution in [1.29, 1.82) is 0 Å². The monoisotopic (exact) mass is 253 g/mol. The molecule has 1 rings (SSSR count). The maximum absolute atomic E-state index is 11.7. The summed E-state index contributed by atoms with van der Waals surface area (Å²) in [4.78, 5) is 21.8. The number of carbonyl (C=O) groups is 1. The summed E-state index contributed by atoms with van der Waals surface area (Å²) in [5.41, 5.74) is 0.624. The Morgan fingerprint density at radius 1 is 1.33 bits per heavy atom. The number of hydrogen-bond donors (Lipinski definition) is 0. The third-order valence-corrected chi connectivity index (χ3v) is 2.26. The van der Waals surface area contributed by atoms with Gasteiger partial charge in [-0.1, -0.05) is 0 Å². The van der Waals surface area contributed by atoms with Gasteiger partial charge in [0.2, 0.25) is 0 Å². The van der Waals surface area contributed by atoms with Crippen molar-refractivity contribution in [3.05, 3.63) is 39.4 Å². The van der Waals surface area contributed by atoms with Gasteiger partial charge in [-0.3, -0.25) is 10.1 Å². The van der Waals surface area contributed by atoms with Crippen molar-refractivity contribution in [1.82, 2.24) is 0 Å². The minimum atomic E-state index is -0.573. The van der Waals surface area contributed by atoms with E-state index in [0.29, 0.717) is 12.2 Å². The lowest BCUT2D eigenvalue weighted by Crippen LogP contribution is -2.09. The van der Waals surface area contributed by atoms with Crippen molar-refractivity contribution >= 4 is 11.7 Å². The molecule has 1 aromatic rings. The van der Waals surface area contributed by atoms with Crippen molar-refractivity contribution in [3.8, 4) is 0 Å². The minimum Gasteiger partial charge on any atom is -0.462 e. The molecule has 0 heterocycles. The summed E-state index contributed by atoms with van der Waals surface area (Å²) in [6, 6.07) is 4.07. The molecule has 0 unspecified atom stereocenters. The van der Waals surface area contributed by atoms with Gasteiger partial charge in [0.25, 0.3) is 5.69 Å². The quantitative estimate of drug-likeness (QED) is 0.441. The predicted molar refractivity (Wildman–Crippen MR) is 64.4 cm³/mol. The number of benzene rings is 1. The van der Waals surface area contributed by atoms with Crippen molar-refractivity contribution in [2.75, 3.05) is 13.2 Å². The summed E-state index contributed by atoms with van der Waals surface area (Å²) in [5.74, 6) is -0.573. The molecular formula is C12H15NO5. The number of esters is 1. The molecule has 18 heavy (non-hydrogen) atoms. The summed E-state index contributed by atoms with van der Waals surface area (Å²) in [6.07, 6.45) is 0. The van der Waals surface area contributed by atoms with E-state index in [1.165, 1.54) is 18.2 Å². The molecule has 0 saturated carbocycles. The standard InChI is InChI=1S/C12H15NO5/c1-3-17-8-9-5-6-10(13(15)16)7-11(9)12(14)18-4-2/h5-7H,3-4,8H2,1-2H3. The molecule has 0 aliphatic heterocycles. The van der Waals surface area contributed by atoms with Crippen molar-refractivity contribution in [2.45, 2.75) is 20.5 Å². The first-order valence-electron chi connectivity index (χ1n) is 5.62. The molecule has 0 fully saturated rings. The van der Waals surface area contributed by atoms with E-state index in [-0.39, 0.29) is 24.5 Å². The number of hydrogen-bond acceptors (Lipinski definition) is 5. The van der Waals surface area contributed by atoms with E-state index in [4.69, 9.17) is 9.47 Å². The Bertz CT molecular complexity index is 444. The van der Waals surface area contributed by atoms with E-state index < -0.39 is 10.9 Å². The van der Waals surface area contributed by atoms with Crippen LogP contribution in [0.1, 0.15) is 29.8 Å². The molecule has 0 bridgehead atoms. The zero-order valence-electron chi connectivity index (χ0n) is 10.3. The van der Waals surface area contributed by atoms with Gasteiger partial charge in [0.05, 0.1) is 23.7 Å². The molecule has 0 aromatic heterocycles. The smallest absolute Gasteiger partial charge is 0.338 e. The second kappa shape index (κ2) is 6.70. The molecule has 1 aromatic carbocycles. The second-order valence-corrected chi connectivity index (χ2v) is 3.46. The maximum Gasteiger partial charge on any atom is 0.338 e. The normalized spacial score (nSPS) is 10.1. The van der Waals surface area contributed by atoms with E-state index in [1.807, 2.05) is 6.92 Å². The predicted octanol–water partition coefficient (Wildman–Crippen LogP) is 2.31. The van der Waals surface area contributed by atoms with Crippen LogP contribution < -0.4 is 0 Å². The molecule has 0 radical (unpaired) electrons. The molecule has 0 atom stereocenters. The number of nitro benzene ring substituents is 1. The van der Waals surface area contributed by atoms with Gasteiger partial charge in [-0.25, -0.2) is 4.79 Å². The number of non-ortho nitro benzene ring substituents is 1. The molecule has 0 spiro atoms. The summed E-state index contributed by atoms with van der Waals surface area (Å²) in [5, 5.41) is 10.7. The highest BCUT2D eigenvalue weighted by molar-refractivity contribution is 5.91. The topological polar surface area (TPSA) is 78.7 Å². The van der Waals surface area contributed by atoms with E-state index >= 15 is 0 Å².